The molecule has 0 bridgehead atoms. The van der Waals surface area contributed by atoms with Crippen LogP contribution in [0.3, 0.4) is 0 Å². The number of nitrogens with zero attached hydrogens (tertiary/aromatic N) is 2. The van der Waals surface area contributed by atoms with Gasteiger partial charge >= 0.3 is 0 Å². The molecule has 6 heteroatoms. The van der Waals surface area contributed by atoms with Gasteiger partial charge in [-0.05, 0) is 42.0 Å². The van der Waals surface area contributed by atoms with E-state index in [9.17, 15) is 8.42 Å². The van der Waals surface area contributed by atoms with Crippen LogP contribution in [0.5, 0.6) is 0 Å². The predicted octanol–water partition coefficient (Wildman–Crippen LogP) is 2.10. The number of anilines is 1. The van der Waals surface area contributed by atoms with Crippen LogP contribution >= 0.6 is 0 Å². The third kappa shape index (κ3) is 3.85. The van der Waals surface area contributed by atoms with Crippen LogP contribution in [0.4, 0.5) is 5.69 Å². The lowest BCUT2D eigenvalue weighted by molar-refractivity contribution is 0.581. The molecule has 0 radical (unpaired) electrons. The number of sulfonamides is 1. The molecule has 5 nitrogen and oxygen atoms in total. The van der Waals surface area contributed by atoms with Crippen LogP contribution in [0.1, 0.15) is 11.1 Å². The molecular formula is C16H17N3O2S. The predicted molar refractivity (Wildman–Crippen MR) is 86.0 cm³/mol. The first kappa shape index (κ1) is 16.0. The average Bonchev–Trinajstić information content (AvgIpc) is 2.53. The van der Waals surface area contributed by atoms with Gasteiger partial charge in [-0.15, -0.1) is 0 Å². The van der Waals surface area contributed by atoms with Gasteiger partial charge in [-0.3, -0.25) is 0 Å². The lowest BCUT2D eigenvalue weighted by atomic mass is 10.2. The number of nitrogens with one attached hydrogen (secondary N) is 1. The summed E-state index contributed by atoms with van der Waals surface area (Å²) >= 11 is 0. The Morgan fingerprint density at radius 3 is 2.14 bits per heavy atom. The second kappa shape index (κ2) is 6.60. The van der Waals surface area contributed by atoms with Crippen molar-refractivity contribution in [2.75, 3.05) is 19.0 Å². The second-order valence-electron chi connectivity index (χ2n) is 5.02. The molecule has 0 unspecified atom stereocenters. The minimum Gasteiger partial charge on any atom is -0.378 e. The summed E-state index contributed by atoms with van der Waals surface area (Å²) in [5.41, 5.74) is 2.36. The molecule has 0 spiro atoms. The molecule has 0 fully saturated rings. The van der Waals surface area contributed by atoms with Gasteiger partial charge in [-0.1, -0.05) is 12.1 Å². The molecule has 1 N–H and O–H groups in total. The van der Waals surface area contributed by atoms with Gasteiger partial charge in [0.25, 0.3) is 0 Å². The van der Waals surface area contributed by atoms with Crippen molar-refractivity contribution in [2.24, 2.45) is 0 Å². The Kier molecular flexibility index (Phi) is 4.81. The first-order valence-electron chi connectivity index (χ1n) is 6.68. The molecule has 0 heterocycles. The molecule has 114 valence electrons. The Bertz CT molecular complexity index is 774. The molecule has 0 saturated heterocycles. The summed E-state index contributed by atoms with van der Waals surface area (Å²) in [5.74, 6) is 0. The smallest absolute Gasteiger partial charge is 0.240 e. The van der Waals surface area contributed by atoms with E-state index in [1.54, 1.807) is 0 Å². The number of hydrogen-bond acceptors (Lipinski definition) is 4. The number of benzene rings is 2. The van der Waals surface area contributed by atoms with E-state index in [-0.39, 0.29) is 11.4 Å². The topological polar surface area (TPSA) is 73.2 Å². The highest BCUT2D eigenvalue weighted by atomic mass is 32.2. The molecule has 0 aromatic heterocycles. The third-order valence-corrected chi connectivity index (χ3v) is 4.63. The second-order valence-corrected chi connectivity index (χ2v) is 6.79. The lowest BCUT2D eigenvalue weighted by Gasteiger charge is -2.13. The van der Waals surface area contributed by atoms with E-state index in [1.165, 1.54) is 24.3 Å². The van der Waals surface area contributed by atoms with E-state index in [0.717, 1.165) is 11.3 Å². The standard InChI is InChI=1S/C16H17N3O2S/c1-19(2)15-7-3-14(4-8-15)12-18-22(20,21)16-9-5-13(11-17)6-10-16/h3-10,18H,12H2,1-2H3. The van der Waals surface area contributed by atoms with Crippen LogP contribution in [0.25, 0.3) is 0 Å². The Morgan fingerprint density at radius 1 is 1.05 bits per heavy atom. The molecule has 2 rings (SSSR count). The Labute approximate surface area is 130 Å². The SMILES string of the molecule is CN(C)c1ccc(CNS(=O)(=O)c2ccc(C#N)cc2)cc1. The minimum atomic E-state index is -3.58. The molecule has 0 atom stereocenters. The van der Waals surface area contributed by atoms with Gasteiger partial charge in [-0.2, -0.15) is 5.26 Å². The van der Waals surface area contributed by atoms with E-state index in [1.807, 2.05) is 49.3 Å². The maximum atomic E-state index is 12.2. The van der Waals surface area contributed by atoms with Gasteiger partial charge in [0.05, 0.1) is 16.5 Å². The molecule has 0 saturated carbocycles. The van der Waals surface area contributed by atoms with Gasteiger partial charge < -0.3 is 4.90 Å². The third-order valence-electron chi connectivity index (χ3n) is 3.21. The van der Waals surface area contributed by atoms with E-state index >= 15 is 0 Å². The fourth-order valence-corrected chi connectivity index (χ4v) is 2.90. The summed E-state index contributed by atoms with van der Waals surface area (Å²) < 4.78 is 26.9. The number of hydrogen-bond donors (Lipinski definition) is 1. The van der Waals surface area contributed by atoms with Crippen LogP contribution in [-0.2, 0) is 16.6 Å². The molecule has 2 aromatic rings. The molecule has 0 aliphatic carbocycles. The van der Waals surface area contributed by atoms with Crippen molar-refractivity contribution in [1.82, 2.24) is 4.72 Å². The maximum Gasteiger partial charge on any atom is 0.240 e. The van der Waals surface area contributed by atoms with E-state index < -0.39 is 10.0 Å². The van der Waals surface area contributed by atoms with Crippen molar-refractivity contribution in [3.63, 3.8) is 0 Å². The normalized spacial score (nSPS) is 11.0. The van der Waals surface area contributed by atoms with Gasteiger partial charge in [0, 0.05) is 26.3 Å². The first-order valence-corrected chi connectivity index (χ1v) is 8.17. The Morgan fingerprint density at radius 2 is 1.64 bits per heavy atom. The number of rotatable bonds is 5. The highest BCUT2D eigenvalue weighted by Gasteiger charge is 2.13. The minimum absolute atomic E-state index is 0.149. The van der Waals surface area contributed by atoms with Crippen molar-refractivity contribution in [1.29, 1.82) is 5.26 Å². The molecule has 22 heavy (non-hydrogen) atoms. The molecule has 2 aromatic carbocycles. The fourth-order valence-electron chi connectivity index (χ4n) is 1.88. The van der Waals surface area contributed by atoms with Crippen LogP contribution in [0.15, 0.2) is 53.4 Å². The molecule has 0 aliphatic heterocycles. The monoisotopic (exact) mass is 315 g/mol. The summed E-state index contributed by atoms with van der Waals surface area (Å²) in [6, 6.07) is 15.4. The highest BCUT2D eigenvalue weighted by molar-refractivity contribution is 7.89. The van der Waals surface area contributed by atoms with Gasteiger partial charge in [0.15, 0.2) is 0 Å². The van der Waals surface area contributed by atoms with Gasteiger partial charge in [-0.25, -0.2) is 13.1 Å². The van der Waals surface area contributed by atoms with Crippen molar-refractivity contribution in [3.8, 4) is 6.07 Å². The Balaban J connectivity index is 2.07. The summed E-state index contributed by atoms with van der Waals surface area (Å²) in [6.45, 7) is 0.218. The van der Waals surface area contributed by atoms with E-state index in [4.69, 9.17) is 5.26 Å². The number of nitriles is 1. The maximum absolute atomic E-state index is 12.2. The van der Waals surface area contributed by atoms with Crippen LogP contribution in [0.2, 0.25) is 0 Å². The van der Waals surface area contributed by atoms with Crippen LogP contribution < -0.4 is 9.62 Å². The lowest BCUT2D eigenvalue weighted by Crippen LogP contribution is -2.23. The summed E-state index contributed by atoms with van der Waals surface area (Å²) in [5, 5.41) is 8.73. The first-order chi connectivity index (χ1) is 10.4. The zero-order valence-electron chi connectivity index (χ0n) is 12.4. The van der Waals surface area contributed by atoms with Crippen LogP contribution in [-0.4, -0.2) is 22.5 Å². The van der Waals surface area contributed by atoms with Crippen LogP contribution in [0, 0.1) is 11.3 Å². The highest BCUT2D eigenvalue weighted by Crippen LogP contribution is 2.14. The summed E-state index contributed by atoms with van der Waals surface area (Å²) in [7, 11) is 0.314. The van der Waals surface area contributed by atoms with Gasteiger partial charge in [0.1, 0.15) is 0 Å². The van der Waals surface area contributed by atoms with Gasteiger partial charge in [0.2, 0.25) is 10.0 Å². The quantitative estimate of drug-likeness (QED) is 0.917. The van der Waals surface area contributed by atoms with Crippen molar-refractivity contribution in [2.45, 2.75) is 11.4 Å². The van der Waals surface area contributed by atoms with E-state index in [2.05, 4.69) is 4.72 Å². The molecular weight excluding hydrogens is 298 g/mol. The largest absolute Gasteiger partial charge is 0.378 e. The molecule has 0 aliphatic rings. The zero-order chi connectivity index (χ0) is 16.2. The van der Waals surface area contributed by atoms with Crippen molar-refractivity contribution >= 4 is 15.7 Å². The van der Waals surface area contributed by atoms with Crippen molar-refractivity contribution < 1.29 is 8.42 Å². The summed E-state index contributed by atoms with van der Waals surface area (Å²) in [4.78, 5) is 2.13. The molecule has 0 amide bonds. The van der Waals surface area contributed by atoms with Crippen molar-refractivity contribution in [3.05, 3.63) is 59.7 Å². The zero-order valence-corrected chi connectivity index (χ0v) is 13.3. The van der Waals surface area contributed by atoms with E-state index in [0.29, 0.717) is 5.56 Å². The Hall–Kier alpha value is -2.36. The fraction of sp³-hybridized carbons (Fsp3) is 0.188. The summed E-state index contributed by atoms with van der Waals surface area (Å²) in [6.07, 6.45) is 0. The average molecular weight is 315 g/mol.